The van der Waals surface area contributed by atoms with Gasteiger partial charge in [0.25, 0.3) is 0 Å². The van der Waals surface area contributed by atoms with Gasteiger partial charge in [-0.25, -0.2) is 14.0 Å². The van der Waals surface area contributed by atoms with Crippen molar-refractivity contribution in [2.24, 2.45) is 0 Å². The molecule has 0 aromatic heterocycles. The fourth-order valence-electron chi connectivity index (χ4n) is 2.02. The molecule has 2 atom stereocenters. The Morgan fingerprint density at radius 3 is 2.68 bits per heavy atom. The number of para-hydroxylation sites is 1. The first-order chi connectivity index (χ1) is 8.99. The van der Waals surface area contributed by atoms with Crippen LogP contribution in [0.3, 0.4) is 0 Å². The lowest BCUT2D eigenvalue weighted by Crippen LogP contribution is -2.43. The Morgan fingerprint density at radius 1 is 1.37 bits per heavy atom. The average molecular weight is 268 g/mol. The molecule has 0 radical (unpaired) electrons. The zero-order valence-corrected chi connectivity index (χ0v) is 9.91. The molecule has 1 aliphatic rings. The number of hydrogen-bond acceptors (Lipinski definition) is 3. The number of amides is 2. The van der Waals surface area contributed by atoms with Crippen LogP contribution < -0.4 is 5.32 Å². The molecule has 1 aliphatic heterocycles. The number of anilines is 1. The maximum absolute atomic E-state index is 13.4. The lowest BCUT2D eigenvalue weighted by molar-refractivity contribution is -0.141. The number of aliphatic hydroxyl groups excluding tert-OH is 1. The number of carbonyl (C=O) groups excluding carboxylic acids is 1. The van der Waals surface area contributed by atoms with E-state index in [9.17, 15) is 19.1 Å². The highest BCUT2D eigenvalue weighted by Crippen LogP contribution is 2.20. The van der Waals surface area contributed by atoms with Gasteiger partial charge in [0, 0.05) is 13.0 Å². The van der Waals surface area contributed by atoms with Gasteiger partial charge in [-0.05, 0) is 12.1 Å². The third-order valence-corrected chi connectivity index (χ3v) is 2.94. The van der Waals surface area contributed by atoms with Crippen LogP contribution in [0.4, 0.5) is 14.9 Å². The van der Waals surface area contributed by atoms with Gasteiger partial charge in [0.05, 0.1) is 11.8 Å². The number of carbonyl (C=O) groups is 2. The predicted molar refractivity (Wildman–Crippen MR) is 64.2 cm³/mol. The van der Waals surface area contributed by atoms with Gasteiger partial charge in [-0.2, -0.15) is 0 Å². The highest BCUT2D eigenvalue weighted by molar-refractivity contribution is 5.92. The number of likely N-dealkylation sites (tertiary alicyclic amines) is 1. The molecule has 0 unspecified atom stereocenters. The summed E-state index contributed by atoms with van der Waals surface area (Å²) in [6.45, 7) is -0.0861. The van der Waals surface area contributed by atoms with E-state index in [0.29, 0.717) is 0 Å². The van der Waals surface area contributed by atoms with E-state index in [2.05, 4.69) is 5.32 Å². The van der Waals surface area contributed by atoms with E-state index in [0.717, 1.165) is 4.90 Å². The molecule has 2 rings (SSSR count). The molecule has 7 heteroatoms. The van der Waals surface area contributed by atoms with E-state index in [-0.39, 0.29) is 18.7 Å². The van der Waals surface area contributed by atoms with Crippen LogP contribution in [0.25, 0.3) is 0 Å². The van der Waals surface area contributed by atoms with E-state index in [1.165, 1.54) is 18.2 Å². The lowest BCUT2D eigenvalue weighted by Gasteiger charge is -2.21. The second kappa shape index (κ2) is 5.23. The number of benzene rings is 1. The molecule has 2 amide bonds. The highest BCUT2D eigenvalue weighted by atomic mass is 19.1. The van der Waals surface area contributed by atoms with Gasteiger partial charge < -0.3 is 20.4 Å². The topological polar surface area (TPSA) is 89.9 Å². The van der Waals surface area contributed by atoms with Gasteiger partial charge in [-0.3, -0.25) is 0 Å². The molecule has 1 fully saturated rings. The van der Waals surface area contributed by atoms with Crippen LogP contribution in [-0.4, -0.2) is 45.8 Å². The Kier molecular flexibility index (Phi) is 3.66. The zero-order chi connectivity index (χ0) is 14.0. The maximum Gasteiger partial charge on any atom is 0.326 e. The molecule has 1 aromatic carbocycles. The molecule has 1 heterocycles. The minimum Gasteiger partial charge on any atom is -0.480 e. The molecule has 0 bridgehead atoms. The first-order valence-electron chi connectivity index (χ1n) is 5.72. The fraction of sp³-hybridized carbons (Fsp3) is 0.333. The van der Waals surface area contributed by atoms with Gasteiger partial charge >= 0.3 is 12.0 Å². The third-order valence-electron chi connectivity index (χ3n) is 2.94. The first-order valence-corrected chi connectivity index (χ1v) is 5.72. The number of rotatable bonds is 2. The number of nitrogens with one attached hydrogen (secondary N) is 1. The fourth-order valence-corrected chi connectivity index (χ4v) is 2.02. The van der Waals surface area contributed by atoms with Crippen molar-refractivity contribution in [1.82, 2.24) is 4.90 Å². The predicted octanol–water partition coefficient (Wildman–Crippen LogP) is 0.877. The standard InChI is InChI=1S/C12H13FN2O4/c13-8-3-1-2-4-9(8)14-12(19)15-6-7(16)5-10(15)11(17)18/h1-4,7,10,16H,5-6H2,(H,14,19)(H,17,18)/t7-,10+/m1/s1. The summed E-state index contributed by atoms with van der Waals surface area (Å²) in [7, 11) is 0. The Morgan fingerprint density at radius 2 is 2.05 bits per heavy atom. The Bertz CT molecular complexity index is 508. The Balaban J connectivity index is 2.11. The van der Waals surface area contributed by atoms with E-state index in [4.69, 9.17) is 5.11 Å². The van der Waals surface area contributed by atoms with E-state index < -0.39 is 30.0 Å². The van der Waals surface area contributed by atoms with Crippen LogP contribution in [0.5, 0.6) is 0 Å². The summed E-state index contributed by atoms with van der Waals surface area (Å²) in [6, 6.07) is 3.74. The molecule has 1 saturated heterocycles. The summed E-state index contributed by atoms with van der Waals surface area (Å²) in [5.41, 5.74) is -0.0296. The smallest absolute Gasteiger partial charge is 0.326 e. The van der Waals surface area contributed by atoms with E-state index in [1.54, 1.807) is 6.07 Å². The van der Waals surface area contributed by atoms with Gasteiger partial charge in [-0.1, -0.05) is 12.1 Å². The molecule has 3 N–H and O–H groups in total. The number of urea groups is 1. The summed E-state index contributed by atoms with van der Waals surface area (Å²) in [4.78, 5) is 23.9. The number of carboxylic acid groups (broad SMARTS) is 1. The van der Waals surface area contributed by atoms with Crippen molar-refractivity contribution in [2.75, 3.05) is 11.9 Å². The summed E-state index contributed by atoms with van der Waals surface area (Å²) in [6.07, 6.45) is -0.910. The number of halogens is 1. The monoisotopic (exact) mass is 268 g/mol. The number of carboxylic acids is 1. The molecular formula is C12H13FN2O4. The molecule has 0 saturated carbocycles. The largest absolute Gasteiger partial charge is 0.480 e. The number of nitrogens with zero attached hydrogens (tertiary/aromatic N) is 1. The normalized spacial score (nSPS) is 22.3. The van der Waals surface area contributed by atoms with Crippen molar-refractivity contribution in [1.29, 1.82) is 0 Å². The number of hydrogen-bond donors (Lipinski definition) is 3. The molecule has 102 valence electrons. The van der Waals surface area contributed by atoms with Crippen molar-refractivity contribution in [3.63, 3.8) is 0 Å². The second-order valence-electron chi connectivity index (χ2n) is 4.31. The van der Waals surface area contributed by atoms with Crippen molar-refractivity contribution < 1.29 is 24.2 Å². The highest BCUT2D eigenvalue weighted by Gasteiger charge is 2.39. The summed E-state index contributed by atoms with van der Waals surface area (Å²) >= 11 is 0. The van der Waals surface area contributed by atoms with Crippen LogP contribution in [0.2, 0.25) is 0 Å². The van der Waals surface area contributed by atoms with Crippen molar-refractivity contribution in [3.8, 4) is 0 Å². The third kappa shape index (κ3) is 2.82. The lowest BCUT2D eigenvalue weighted by atomic mass is 10.2. The van der Waals surface area contributed by atoms with Crippen LogP contribution >= 0.6 is 0 Å². The number of aliphatic hydroxyl groups is 1. The molecule has 1 aromatic rings. The van der Waals surface area contributed by atoms with Crippen molar-refractivity contribution >= 4 is 17.7 Å². The second-order valence-corrected chi connectivity index (χ2v) is 4.31. The SMILES string of the molecule is O=C(O)[C@@H]1C[C@@H](O)CN1C(=O)Nc1ccccc1F. The molecule has 19 heavy (non-hydrogen) atoms. The number of β-amino-alcohol motifs (C(OH)–C–C–N with tert-alkyl or cyclic N) is 1. The van der Waals surface area contributed by atoms with Crippen molar-refractivity contribution in [2.45, 2.75) is 18.6 Å². The molecule has 6 nitrogen and oxygen atoms in total. The van der Waals surface area contributed by atoms with Gasteiger partial charge in [0.1, 0.15) is 11.9 Å². The Hall–Kier alpha value is -2.15. The van der Waals surface area contributed by atoms with Gasteiger partial charge in [0.2, 0.25) is 0 Å². The van der Waals surface area contributed by atoms with Crippen molar-refractivity contribution in [3.05, 3.63) is 30.1 Å². The van der Waals surface area contributed by atoms with Crippen LogP contribution in [0.1, 0.15) is 6.42 Å². The molecule has 0 aliphatic carbocycles. The van der Waals surface area contributed by atoms with Crippen LogP contribution in [-0.2, 0) is 4.79 Å². The summed E-state index contributed by atoms with van der Waals surface area (Å²) < 4.78 is 13.4. The summed E-state index contributed by atoms with van der Waals surface area (Å²) in [5.74, 6) is -1.80. The zero-order valence-electron chi connectivity index (χ0n) is 9.91. The summed E-state index contributed by atoms with van der Waals surface area (Å²) in [5, 5.41) is 20.7. The maximum atomic E-state index is 13.4. The quantitative estimate of drug-likeness (QED) is 0.742. The Labute approximate surface area is 108 Å². The van der Waals surface area contributed by atoms with Crippen LogP contribution in [0.15, 0.2) is 24.3 Å². The molecular weight excluding hydrogens is 255 g/mol. The molecule has 0 spiro atoms. The van der Waals surface area contributed by atoms with Crippen LogP contribution in [0, 0.1) is 5.82 Å². The minimum atomic E-state index is -1.19. The van der Waals surface area contributed by atoms with E-state index >= 15 is 0 Å². The number of aliphatic carboxylic acids is 1. The average Bonchev–Trinajstić information content (AvgIpc) is 2.74. The van der Waals surface area contributed by atoms with Gasteiger partial charge in [0.15, 0.2) is 0 Å². The first kappa shape index (κ1) is 13.3. The van der Waals surface area contributed by atoms with E-state index in [1.807, 2.05) is 0 Å². The van der Waals surface area contributed by atoms with Gasteiger partial charge in [-0.15, -0.1) is 0 Å². The minimum absolute atomic E-state index is 0.0278.